The number of aliphatic hydroxyl groups excluding tert-OH is 1. The average Bonchev–Trinajstić information content (AvgIpc) is 2.34. The number of aliphatic hydroxyl groups is 1. The van der Waals surface area contributed by atoms with Gasteiger partial charge in [0.25, 0.3) is 0 Å². The van der Waals surface area contributed by atoms with Crippen molar-refractivity contribution in [2.45, 2.75) is 13.0 Å². The molecule has 0 spiro atoms. The first kappa shape index (κ1) is 13.4. The molecule has 0 radical (unpaired) electrons. The molecule has 0 aliphatic carbocycles. The number of carbonyl (C=O) groups is 1. The number of aromatic nitrogens is 1. The molecule has 0 amide bonds. The summed E-state index contributed by atoms with van der Waals surface area (Å²) in [6.07, 6.45) is 1.88. The number of hydrogen-bond donors (Lipinski definition) is 2. The fourth-order valence-corrected chi connectivity index (χ4v) is 1.16. The lowest BCUT2D eigenvalue weighted by atomic mass is 10.2. The van der Waals surface area contributed by atoms with Crippen LogP contribution in [0.25, 0.3) is 0 Å². The molecule has 1 aromatic rings. The highest BCUT2D eigenvalue weighted by molar-refractivity contribution is 5.90. The van der Waals surface area contributed by atoms with Crippen LogP contribution in [0.2, 0.25) is 0 Å². The van der Waals surface area contributed by atoms with E-state index in [2.05, 4.69) is 4.98 Å². The Morgan fingerprint density at radius 2 is 2.29 bits per heavy atom. The standard InChI is InChI=1S/C11H15NO5/c1-2-16-6-8(13)7-17-10-5-12-4-3-9(10)11(14)15/h3-5,8,13H,2,6-7H2,1H3,(H,14,15). The minimum absolute atomic E-state index is 0.0172. The maximum atomic E-state index is 10.8. The maximum absolute atomic E-state index is 10.8. The topological polar surface area (TPSA) is 88.9 Å². The highest BCUT2D eigenvalue weighted by Gasteiger charge is 2.12. The van der Waals surface area contributed by atoms with Gasteiger partial charge in [0.2, 0.25) is 0 Å². The van der Waals surface area contributed by atoms with Crippen molar-refractivity contribution < 1.29 is 24.5 Å². The third kappa shape index (κ3) is 4.38. The summed E-state index contributed by atoms with van der Waals surface area (Å²) >= 11 is 0. The van der Waals surface area contributed by atoms with E-state index in [1.165, 1.54) is 18.5 Å². The lowest BCUT2D eigenvalue weighted by molar-refractivity contribution is 0.0160. The Kier molecular flexibility index (Phi) is 5.38. The SMILES string of the molecule is CCOCC(O)COc1cnccc1C(=O)O. The maximum Gasteiger partial charge on any atom is 0.339 e. The minimum Gasteiger partial charge on any atom is -0.488 e. The zero-order valence-electron chi connectivity index (χ0n) is 9.50. The van der Waals surface area contributed by atoms with E-state index < -0.39 is 12.1 Å². The summed E-state index contributed by atoms with van der Waals surface area (Å²) in [6.45, 7) is 2.44. The van der Waals surface area contributed by atoms with Crippen LogP contribution in [0.3, 0.4) is 0 Å². The van der Waals surface area contributed by atoms with Crippen molar-refractivity contribution in [1.82, 2.24) is 4.98 Å². The van der Waals surface area contributed by atoms with E-state index in [-0.39, 0.29) is 24.5 Å². The number of ether oxygens (including phenoxy) is 2. The molecule has 1 heterocycles. The molecule has 1 aromatic heterocycles. The van der Waals surface area contributed by atoms with Gasteiger partial charge in [0, 0.05) is 12.8 Å². The van der Waals surface area contributed by atoms with Gasteiger partial charge in [-0.25, -0.2) is 4.79 Å². The Morgan fingerprint density at radius 3 is 2.94 bits per heavy atom. The van der Waals surface area contributed by atoms with Gasteiger partial charge in [0.1, 0.15) is 18.3 Å². The van der Waals surface area contributed by atoms with Crippen LogP contribution in [0.15, 0.2) is 18.5 Å². The van der Waals surface area contributed by atoms with Crippen molar-refractivity contribution in [2.24, 2.45) is 0 Å². The van der Waals surface area contributed by atoms with E-state index in [0.29, 0.717) is 6.61 Å². The van der Waals surface area contributed by atoms with Gasteiger partial charge in [0.15, 0.2) is 5.75 Å². The Labute approximate surface area is 98.8 Å². The van der Waals surface area contributed by atoms with E-state index in [1.54, 1.807) is 0 Å². The summed E-state index contributed by atoms with van der Waals surface area (Å²) in [4.78, 5) is 14.6. The fourth-order valence-electron chi connectivity index (χ4n) is 1.16. The van der Waals surface area contributed by atoms with E-state index in [0.717, 1.165) is 0 Å². The van der Waals surface area contributed by atoms with Gasteiger partial charge < -0.3 is 19.7 Å². The quantitative estimate of drug-likeness (QED) is 0.725. The normalized spacial score (nSPS) is 12.1. The van der Waals surface area contributed by atoms with Gasteiger partial charge in [-0.1, -0.05) is 0 Å². The third-order valence-electron chi connectivity index (χ3n) is 1.96. The van der Waals surface area contributed by atoms with Crippen molar-refractivity contribution in [1.29, 1.82) is 0 Å². The third-order valence-corrected chi connectivity index (χ3v) is 1.96. The Bertz CT molecular complexity index is 369. The van der Waals surface area contributed by atoms with Crippen LogP contribution in [0.5, 0.6) is 5.75 Å². The molecule has 1 rings (SSSR count). The molecule has 0 saturated carbocycles. The molecule has 94 valence electrons. The van der Waals surface area contributed by atoms with Gasteiger partial charge in [-0.2, -0.15) is 0 Å². The summed E-state index contributed by atoms with van der Waals surface area (Å²) in [5.41, 5.74) is 0.0172. The minimum atomic E-state index is -1.10. The second-order valence-corrected chi connectivity index (χ2v) is 3.30. The summed E-state index contributed by atoms with van der Waals surface area (Å²) < 4.78 is 10.2. The molecule has 0 aliphatic heterocycles. The van der Waals surface area contributed by atoms with Crippen LogP contribution in [-0.2, 0) is 4.74 Å². The summed E-state index contributed by atoms with van der Waals surface area (Å²) in [5.74, 6) is -0.961. The summed E-state index contributed by atoms with van der Waals surface area (Å²) in [6, 6.07) is 1.34. The van der Waals surface area contributed by atoms with Crippen LogP contribution in [0.4, 0.5) is 0 Å². The van der Waals surface area contributed by atoms with Crippen LogP contribution >= 0.6 is 0 Å². The van der Waals surface area contributed by atoms with Gasteiger partial charge in [-0.15, -0.1) is 0 Å². The molecule has 0 aromatic carbocycles. The molecule has 0 bridgehead atoms. The number of carboxylic acid groups (broad SMARTS) is 1. The first-order chi connectivity index (χ1) is 8.15. The average molecular weight is 241 g/mol. The second kappa shape index (κ2) is 6.82. The second-order valence-electron chi connectivity index (χ2n) is 3.30. The molecular formula is C11H15NO5. The van der Waals surface area contributed by atoms with Gasteiger partial charge in [0.05, 0.1) is 12.8 Å². The molecule has 1 unspecified atom stereocenters. The molecule has 1 atom stereocenters. The first-order valence-corrected chi connectivity index (χ1v) is 5.21. The van der Waals surface area contributed by atoms with Crippen LogP contribution in [0, 0.1) is 0 Å². The molecule has 0 fully saturated rings. The predicted molar refractivity (Wildman–Crippen MR) is 59.2 cm³/mol. The predicted octanol–water partition coefficient (Wildman–Crippen LogP) is 0.556. The Morgan fingerprint density at radius 1 is 1.53 bits per heavy atom. The highest BCUT2D eigenvalue weighted by atomic mass is 16.5. The molecule has 17 heavy (non-hydrogen) atoms. The molecular weight excluding hydrogens is 226 g/mol. The van der Waals surface area contributed by atoms with Crippen molar-refractivity contribution in [3.8, 4) is 5.75 Å². The summed E-state index contributed by atoms with van der Waals surface area (Å²) in [7, 11) is 0. The molecule has 6 heteroatoms. The Hall–Kier alpha value is -1.66. The zero-order chi connectivity index (χ0) is 12.7. The van der Waals surface area contributed by atoms with E-state index in [9.17, 15) is 9.90 Å². The van der Waals surface area contributed by atoms with Crippen molar-refractivity contribution in [3.63, 3.8) is 0 Å². The number of pyridine rings is 1. The van der Waals surface area contributed by atoms with Gasteiger partial charge >= 0.3 is 5.97 Å². The molecule has 2 N–H and O–H groups in total. The van der Waals surface area contributed by atoms with Crippen molar-refractivity contribution in [2.75, 3.05) is 19.8 Å². The van der Waals surface area contributed by atoms with Crippen molar-refractivity contribution >= 4 is 5.97 Å². The first-order valence-electron chi connectivity index (χ1n) is 5.21. The monoisotopic (exact) mass is 241 g/mol. The number of nitrogens with zero attached hydrogens (tertiary/aromatic N) is 1. The van der Waals surface area contributed by atoms with E-state index in [1.807, 2.05) is 6.92 Å². The van der Waals surface area contributed by atoms with E-state index >= 15 is 0 Å². The number of rotatable bonds is 7. The number of carboxylic acids is 1. The van der Waals surface area contributed by atoms with Crippen LogP contribution < -0.4 is 4.74 Å². The summed E-state index contributed by atoms with van der Waals surface area (Å²) in [5, 5.41) is 18.3. The van der Waals surface area contributed by atoms with Crippen LogP contribution in [0.1, 0.15) is 17.3 Å². The molecule has 6 nitrogen and oxygen atoms in total. The number of aromatic carboxylic acids is 1. The molecule has 0 saturated heterocycles. The van der Waals surface area contributed by atoms with Gasteiger partial charge in [-0.3, -0.25) is 4.98 Å². The lowest BCUT2D eigenvalue weighted by Gasteiger charge is -2.13. The highest BCUT2D eigenvalue weighted by Crippen LogP contribution is 2.16. The van der Waals surface area contributed by atoms with Crippen molar-refractivity contribution in [3.05, 3.63) is 24.0 Å². The number of hydrogen-bond acceptors (Lipinski definition) is 5. The largest absolute Gasteiger partial charge is 0.488 e. The van der Waals surface area contributed by atoms with Gasteiger partial charge in [-0.05, 0) is 13.0 Å². The fraction of sp³-hybridized carbons (Fsp3) is 0.455. The Balaban J connectivity index is 2.54. The zero-order valence-corrected chi connectivity index (χ0v) is 9.50. The van der Waals surface area contributed by atoms with Crippen LogP contribution in [-0.4, -0.2) is 47.1 Å². The van der Waals surface area contributed by atoms with E-state index in [4.69, 9.17) is 14.6 Å². The smallest absolute Gasteiger partial charge is 0.339 e. The lowest BCUT2D eigenvalue weighted by Crippen LogP contribution is -2.24. The molecule has 0 aliphatic rings.